The molecule has 0 bridgehead atoms. The molecule has 2 saturated heterocycles. The molecular weight excluding hydrogens is 648 g/mol. The van der Waals surface area contributed by atoms with Crippen molar-refractivity contribution in [2.75, 3.05) is 13.2 Å². The summed E-state index contributed by atoms with van der Waals surface area (Å²) < 4.78 is 23.2. The maximum Gasteiger partial charge on any atom is 0.314 e. The molecule has 0 unspecified atom stereocenters. The molecule has 8 nitrogen and oxygen atoms in total. The lowest BCUT2D eigenvalue weighted by Gasteiger charge is -2.46. The summed E-state index contributed by atoms with van der Waals surface area (Å²) in [7, 11) is 0. The van der Waals surface area contributed by atoms with E-state index in [2.05, 4.69) is 31.9 Å². The molecule has 0 radical (unpaired) electrons. The Morgan fingerprint density at radius 3 is 1.35 bits per heavy atom. The molecule has 0 amide bonds. The van der Waals surface area contributed by atoms with Crippen molar-refractivity contribution >= 4 is 55.7 Å². The number of halogens is 2. The number of hydrogen-bond acceptors (Lipinski definition) is 8. The first-order chi connectivity index (χ1) is 19.2. The van der Waals surface area contributed by atoms with Gasteiger partial charge < -0.3 is 18.9 Å². The topological polar surface area (TPSA) is 105 Å². The molecule has 4 fully saturated rings. The smallest absolute Gasteiger partial charge is 0.314 e. The van der Waals surface area contributed by atoms with E-state index in [1.54, 1.807) is 13.8 Å². The van der Waals surface area contributed by atoms with Crippen LogP contribution in [0.5, 0.6) is 0 Å². The zero-order valence-corrected chi connectivity index (χ0v) is 25.4. The van der Waals surface area contributed by atoms with Gasteiger partial charge in [-0.3, -0.25) is 19.2 Å². The number of ether oxygens (including phenoxy) is 4. The fourth-order valence-electron chi connectivity index (χ4n) is 6.65. The molecule has 2 aliphatic carbocycles. The minimum atomic E-state index is -0.815. The fourth-order valence-corrected chi connectivity index (χ4v) is 7.18. The van der Waals surface area contributed by atoms with Crippen LogP contribution in [0.2, 0.25) is 0 Å². The number of rotatable bonds is 6. The molecule has 0 spiro atoms. The van der Waals surface area contributed by atoms with Crippen molar-refractivity contribution in [1.82, 2.24) is 0 Å². The van der Waals surface area contributed by atoms with Gasteiger partial charge in [0.25, 0.3) is 0 Å². The molecule has 2 aliphatic heterocycles. The second-order valence-corrected chi connectivity index (χ2v) is 12.1. The molecule has 2 aromatic carbocycles. The van der Waals surface area contributed by atoms with E-state index in [9.17, 15) is 19.2 Å². The van der Waals surface area contributed by atoms with Gasteiger partial charge in [0.05, 0.1) is 13.2 Å². The van der Waals surface area contributed by atoms with Crippen molar-refractivity contribution < 1.29 is 38.1 Å². The predicted octanol–water partition coefficient (Wildman–Crippen LogP) is 5.58. The molecular formula is C30H30Br2O8. The van der Waals surface area contributed by atoms with Gasteiger partial charge in [-0.1, -0.05) is 56.1 Å². The Balaban J connectivity index is 0.000000161. The normalized spacial score (nSPS) is 31.2. The molecule has 4 aliphatic rings. The summed E-state index contributed by atoms with van der Waals surface area (Å²) in [4.78, 5) is 47.7. The Morgan fingerprint density at radius 1 is 0.700 bits per heavy atom. The van der Waals surface area contributed by atoms with Crippen LogP contribution in [0, 0.1) is 23.7 Å². The third-order valence-electron chi connectivity index (χ3n) is 8.40. The first kappa shape index (κ1) is 28.8. The van der Waals surface area contributed by atoms with Crippen LogP contribution in [0.1, 0.15) is 50.7 Å². The Kier molecular flexibility index (Phi) is 8.12. The second kappa shape index (κ2) is 11.3. The van der Waals surface area contributed by atoms with Crippen molar-refractivity contribution in [3.8, 4) is 0 Å². The molecule has 2 aromatic rings. The van der Waals surface area contributed by atoms with Gasteiger partial charge >= 0.3 is 23.9 Å². The van der Waals surface area contributed by atoms with Crippen LogP contribution in [0.25, 0.3) is 0 Å². The summed E-state index contributed by atoms with van der Waals surface area (Å²) in [5.41, 5.74) is 0.121. The Labute approximate surface area is 249 Å². The van der Waals surface area contributed by atoms with Crippen LogP contribution in [0.15, 0.2) is 57.5 Å². The highest BCUT2D eigenvalue weighted by Gasteiger charge is 2.69. The van der Waals surface area contributed by atoms with Gasteiger partial charge in [-0.05, 0) is 74.9 Å². The number of esters is 4. The highest BCUT2D eigenvalue weighted by atomic mass is 79.9. The first-order valence-corrected chi connectivity index (χ1v) is 15.1. The van der Waals surface area contributed by atoms with Crippen LogP contribution >= 0.6 is 31.9 Å². The summed E-state index contributed by atoms with van der Waals surface area (Å²) in [6.07, 6.45) is 2.62. The molecule has 6 rings (SSSR count). The van der Waals surface area contributed by atoms with Crippen molar-refractivity contribution in [2.24, 2.45) is 23.7 Å². The summed E-state index contributed by atoms with van der Waals surface area (Å²) in [6, 6.07) is 15.2. The molecule has 6 atom stereocenters. The number of carbonyl (C=O) groups excluding carboxylic acids is 4. The fraction of sp³-hybridized carbons (Fsp3) is 0.467. The van der Waals surface area contributed by atoms with Crippen molar-refractivity contribution in [3.63, 3.8) is 0 Å². The minimum Gasteiger partial charge on any atom is -0.466 e. The third-order valence-corrected chi connectivity index (χ3v) is 9.46. The van der Waals surface area contributed by atoms with Gasteiger partial charge in [-0.25, -0.2) is 0 Å². The van der Waals surface area contributed by atoms with Gasteiger partial charge in [0, 0.05) is 8.95 Å². The van der Waals surface area contributed by atoms with Gasteiger partial charge in [0.2, 0.25) is 0 Å². The van der Waals surface area contributed by atoms with E-state index in [1.807, 2.05) is 48.5 Å². The van der Waals surface area contributed by atoms with E-state index in [0.29, 0.717) is 38.9 Å². The summed E-state index contributed by atoms with van der Waals surface area (Å²) in [6.45, 7) is 4.24. The number of fused-ring (bicyclic) bond motifs is 2. The van der Waals surface area contributed by atoms with Crippen molar-refractivity contribution in [1.29, 1.82) is 0 Å². The van der Waals surface area contributed by atoms with Gasteiger partial charge in [-0.15, -0.1) is 0 Å². The van der Waals surface area contributed by atoms with Crippen LogP contribution < -0.4 is 0 Å². The molecule has 0 N–H and O–H groups in total. The number of carbonyl (C=O) groups is 4. The van der Waals surface area contributed by atoms with E-state index in [4.69, 9.17) is 18.9 Å². The Morgan fingerprint density at radius 2 is 1.05 bits per heavy atom. The highest BCUT2D eigenvalue weighted by molar-refractivity contribution is 9.10. The summed E-state index contributed by atoms with van der Waals surface area (Å²) >= 11 is 6.77. The van der Waals surface area contributed by atoms with E-state index in [0.717, 1.165) is 20.1 Å². The maximum atomic E-state index is 12.2. The van der Waals surface area contributed by atoms with Gasteiger partial charge in [-0.2, -0.15) is 0 Å². The monoisotopic (exact) mass is 676 g/mol. The Hall–Kier alpha value is -2.72. The van der Waals surface area contributed by atoms with Gasteiger partial charge in [0.15, 0.2) is 11.2 Å². The predicted molar refractivity (Wildman–Crippen MR) is 150 cm³/mol. The zero-order valence-electron chi connectivity index (χ0n) is 22.2. The third kappa shape index (κ3) is 4.57. The van der Waals surface area contributed by atoms with E-state index in [-0.39, 0.29) is 35.7 Å². The SMILES string of the molecule is CCOC(=O)[C@@H]1CC[C@@H]2C(=O)O[C@@]21c1ccc(Br)cc1.CCOC(=O)[C@@H]1CC[C@@H]2C(=O)O[C@@]21c1ccc(Br)cc1. The first-order valence-electron chi connectivity index (χ1n) is 13.5. The molecule has 40 heavy (non-hydrogen) atoms. The Bertz CT molecular complexity index is 1210. The maximum absolute atomic E-state index is 12.2. The van der Waals surface area contributed by atoms with Crippen LogP contribution in [-0.4, -0.2) is 37.1 Å². The van der Waals surface area contributed by atoms with E-state index < -0.39 is 23.0 Å². The van der Waals surface area contributed by atoms with Crippen LogP contribution in [0.4, 0.5) is 0 Å². The molecule has 2 heterocycles. The average molecular weight is 678 g/mol. The highest BCUT2D eigenvalue weighted by Crippen LogP contribution is 2.59. The van der Waals surface area contributed by atoms with Crippen molar-refractivity contribution in [3.05, 3.63) is 68.6 Å². The van der Waals surface area contributed by atoms with Gasteiger partial charge in [0.1, 0.15) is 23.7 Å². The summed E-state index contributed by atoms with van der Waals surface area (Å²) in [5.74, 6) is -2.20. The molecule has 212 valence electrons. The number of hydrogen-bond donors (Lipinski definition) is 0. The lowest BCUT2D eigenvalue weighted by Crippen LogP contribution is -2.56. The lowest BCUT2D eigenvalue weighted by molar-refractivity contribution is -0.223. The minimum absolute atomic E-state index is 0.209. The second-order valence-electron chi connectivity index (χ2n) is 10.3. The molecule has 2 saturated carbocycles. The average Bonchev–Trinajstić information content (AvgIpc) is 3.42. The standard InChI is InChI=1S/2C15H15BrO4/c2*1-2-19-13(17)11-7-8-12-14(18)20-15(11,12)9-3-5-10(16)6-4-9/h2*3-6,11-12H,2,7-8H2,1H3/t2*11-,12+,15+/m00/s1. The van der Waals surface area contributed by atoms with E-state index in [1.165, 1.54) is 0 Å². The quantitative estimate of drug-likeness (QED) is 0.288. The zero-order chi connectivity index (χ0) is 28.7. The van der Waals surface area contributed by atoms with Crippen LogP contribution in [0.3, 0.4) is 0 Å². The van der Waals surface area contributed by atoms with Crippen molar-refractivity contribution in [2.45, 2.75) is 50.7 Å². The lowest BCUT2D eigenvalue weighted by atomic mass is 9.74. The summed E-state index contributed by atoms with van der Waals surface area (Å²) in [5, 5.41) is 0. The van der Waals surface area contributed by atoms with Crippen LogP contribution in [-0.2, 0) is 49.3 Å². The largest absolute Gasteiger partial charge is 0.466 e. The molecule has 10 heteroatoms. The van der Waals surface area contributed by atoms with E-state index >= 15 is 0 Å². The number of benzene rings is 2. The molecule has 0 aromatic heterocycles.